The van der Waals surface area contributed by atoms with Gasteiger partial charge in [-0.1, -0.05) is 30.3 Å². The lowest BCUT2D eigenvalue weighted by molar-refractivity contribution is -0.112. The molecule has 1 amide bonds. The number of ether oxygens (including phenoxy) is 1. The van der Waals surface area contributed by atoms with E-state index in [2.05, 4.69) is 15.1 Å². The van der Waals surface area contributed by atoms with Gasteiger partial charge >= 0.3 is 0 Å². The first-order chi connectivity index (χ1) is 17.5. The van der Waals surface area contributed by atoms with Gasteiger partial charge in [0.15, 0.2) is 0 Å². The van der Waals surface area contributed by atoms with Crippen LogP contribution in [0.15, 0.2) is 54.6 Å². The average molecular weight is 485 g/mol. The predicted octanol–water partition coefficient (Wildman–Crippen LogP) is 4.11. The van der Waals surface area contributed by atoms with Crippen LogP contribution in [0.5, 0.6) is 5.75 Å². The lowest BCUT2D eigenvalue weighted by atomic mass is 10.0. The zero-order valence-corrected chi connectivity index (χ0v) is 20.9. The van der Waals surface area contributed by atoms with Crippen LogP contribution in [0.2, 0.25) is 0 Å². The minimum absolute atomic E-state index is 0.351. The van der Waals surface area contributed by atoms with Gasteiger partial charge in [0.25, 0.3) is 11.7 Å². The Morgan fingerprint density at radius 1 is 1.06 bits per heavy atom. The molecule has 1 saturated carbocycles. The fraction of sp³-hybridized carbons (Fsp3) is 0.379. The maximum absolute atomic E-state index is 13.3. The van der Waals surface area contributed by atoms with Gasteiger partial charge < -0.3 is 19.5 Å². The van der Waals surface area contributed by atoms with Crippen molar-refractivity contribution >= 4 is 23.1 Å². The minimum atomic E-state index is -0.657. The Balaban J connectivity index is 1.18. The zero-order chi connectivity index (χ0) is 24.8. The molecular formula is C29H32N4O3. The van der Waals surface area contributed by atoms with Crippen LogP contribution >= 0.6 is 0 Å². The largest absolute Gasteiger partial charge is 0.489 e. The van der Waals surface area contributed by atoms with E-state index in [4.69, 9.17) is 4.74 Å². The predicted molar refractivity (Wildman–Crippen MR) is 141 cm³/mol. The summed E-state index contributed by atoms with van der Waals surface area (Å²) in [5.41, 5.74) is 4.59. The summed E-state index contributed by atoms with van der Waals surface area (Å²) in [6, 6.07) is 17.7. The van der Waals surface area contributed by atoms with Gasteiger partial charge in [-0.15, -0.1) is 0 Å². The van der Waals surface area contributed by atoms with Gasteiger partial charge in [-0.2, -0.15) is 0 Å². The minimum Gasteiger partial charge on any atom is -0.489 e. The first-order valence-electron chi connectivity index (χ1n) is 12.8. The number of carbonyl (C=O) groups is 2. The van der Waals surface area contributed by atoms with Crippen molar-refractivity contribution in [3.8, 4) is 16.9 Å². The molecule has 0 bridgehead atoms. The van der Waals surface area contributed by atoms with E-state index in [0.717, 1.165) is 53.8 Å². The number of piperazine rings is 1. The van der Waals surface area contributed by atoms with Crippen molar-refractivity contribution in [2.24, 2.45) is 13.0 Å². The van der Waals surface area contributed by atoms with Gasteiger partial charge in [0, 0.05) is 56.2 Å². The maximum Gasteiger partial charge on any atom is 0.298 e. The third-order valence-electron chi connectivity index (χ3n) is 7.72. The van der Waals surface area contributed by atoms with Crippen LogP contribution in [0.1, 0.15) is 29.0 Å². The number of hydrogen-bond donors (Lipinski definition) is 1. The summed E-state index contributed by atoms with van der Waals surface area (Å²) in [5, 5.41) is 2.80. The highest BCUT2D eigenvalue weighted by atomic mass is 16.5. The number of hydrogen-bond acceptors (Lipinski definition) is 5. The van der Waals surface area contributed by atoms with Crippen molar-refractivity contribution in [2.45, 2.75) is 25.8 Å². The van der Waals surface area contributed by atoms with Crippen LogP contribution in [0.3, 0.4) is 0 Å². The molecule has 3 aromatic rings. The molecular weight excluding hydrogens is 452 g/mol. The highest BCUT2D eigenvalue weighted by Crippen LogP contribution is 2.38. The molecule has 1 atom stereocenters. The summed E-state index contributed by atoms with van der Waals surface area (Å²) in [6.07, 6.45) is 2.75. The number of anilines is 2. The Labute approximate surface area is 211 Å². The molecule has 36 heavy (non-hydrogen) atoms. The van der Waals surface area contributed by atoms with Crippen molar-refractivity contribution in [3.63, 3.8) is 0 Å². The summed E-state index contributed by atoms with van der Waals surface area (Å²) in [4.78, 5) is 31.3. The number of fused-ring (bicyclic) bond motifs is 3. The molecule has 1 aliphatic carbocycles. The lowest BCUT2D eigenvalue weighted by Gasteiger charge is -2.45. The third-order valence-corrected chi connectivity index (χ3v) is 7.72. The smallest absolute Gasteiger partial charge is 0.298 e. The number of ketones is 1. The average Bonchev–Trinajstić information content (AvgIpc) is 3.66. The molecule has 6 rings (SSSR count). The summed E-state index contributed by atoms with van der Waals surface area (Å²) in [6.45, 7) is 6.85. The molecule has 3 heterocycles. The molecule has 2 aliphatic heterocycles. The first-order valence-corrected chi connectivity index (χ1v) is 12.8. The monoisotopic (exact) mass is 484 g/mol. The molecule has 7 heteroatoms. The number of nitrogens with zero attached hydrogens (tertiary/aromatic N) is 3. The van der Waals surface area contributed by atoms with Crippen LogP contribution < -0.4 is 15.0 Å². The highest BCUT2D eigenvalue weighted by molar-refractivity contribution is 6.47. The summed E-state index contributed by atoms with van der Waals surface area (Å²) >= 11 is 0. The standard InChI is InChI=1S/C29H32N4O3/c1-19-14-24(21-6-4-3-5-7-21)27(31(19)2)28(34)29(35)30-22-10-11-25-26(15-22)36-18-23-17-32(12-13-33(23)25)16-20-8-9-20/h3-7,10-11,14-15,20,23H,8-9,12-13,16-18H2,1-2H3,(H,30,35). The van der Waals surface area contributed by atoms with E-state index in [9.17, 15) is 9.59 Å². The Morgan fingerprint density at radius 2 is 1.86 bits per heavy atom. The van der Waals surface area contributed by atoms with Gasteiger partial charge in [0.1, 0.15) is 18.1 Å². The number of amides is 1. The van der Waals surface area contributed by atoms with E-state index >= 15 is 0 Å². The van der Waals surface area contributed by atoms with Gasteiger partial charge in [-0.05, 0) is 49.4 Å². The van der Waals surface area contributed by atoms with Gasteiger partial charge in [-0.25, -0.2) is 0 Å². The Morgan fingerprint density at radius 3 is 2.64 bits per heavy atom. The van der Waals surface area contributed by atoms with Crippen LogP contribution in [0.4, 0.5) is 11.4 Å². The van der Waals surface area contributed by atoms with E-state index in [-0.39, 0.29) is 0 Å². The molecule has 0 radical (unpaired) electrons. The summed E-state index contributed by atoms with van der Waals surface area (Å²) in [7, 11) is 1.82. The van der Waals surface area contributed by atoms with Crippen molar-refractivity contribution < 1.29 is 14.3 Å². The van der Waals surface area contributed by atoms with Gasteiger partial charge in [0.2, 0.25) is 0 Å². The van der Waals surface area contributed by atoms with E-state index in [1.54, 1.807) is 4.57 Å². The topological polar surface area (TPSA) is 66.8 Å². The van der Waals surface area contributed by atoms with Crippen LogP contribution in [-0.4, -0.2) is 60.0 Å². The fourth-order valence-electron chi connectivity index (χ4n) is 5.48. The molecule has 1 aromatic heterocycles. The van der Waals surface area contributed by atoms with E-state index in [1.165, 1.54) is 19.4 Å². The Bertz CT molecular complexity index is 1310. The van der Waals surface area contributed by atoms with Crippen molar-refractivity contribution in [1.82, 2.24) is 9.47 Å². The van der Waals surface area contributed by atoms with Crippen molar-refractivity contribution in [1.29, 1.82) is 0 Å². The van der Waals surface area contributed by atoms with E-state index in [1.807, 2.05) is 68.6 Å². The SMILES string of the molecule is Cc1cc(-c2ccccc2)c(C(=O)C(=O)Nc2ccc3c(c2)OCC2CN(CC4CC4)CCN32)n1C. The number of rotatable bonds is 6. The van der Waals surface area contributed by atoms with E-state index < -0.39 is 11.7 Å². The highest BCUT2D eigenvalue weighted by Gasteiger charge is 2.35. The van der Waals surface area contributed by atoms with Crippen molar-refractivity contribution in [2.75, 3.05) is 43.0 Å². The Kier molecular flexibility index (Phi) is 5.80. The Hall–Kier alpha value is -3.58. The number of aryl methyl sites for hydroxylation is 1. The second-order valence-corrected chi connectivity index (χ2v) is 10.3. The lowest BCUT2D eigenvalue weighted by Crippen LogP contribution is -2.57. The maximum atomic E-state index is 13.3. The molecule has 2 fully saturated rings. The second kappa shape index (κ2) is 9.13. The third kappa shape index (κ3) is 4.28. The molecule has 186 valence electrons. The number of benzene rings is 2. The number of aromatic nitrogens is 1. The van der Waals surface area contributed by atoms with Gasteiger partial charge in [-0.3, -0.25) is 14.5 Å². The number of Topliss-reactive ketones (excluding diaryl/α,β-unsaturated/α-hetero) is 1. The van der Waals surface area contributed by atoms with Gasteiger partial charge in [0.05, 0.1) is 11.7 Å². The molecule has 2 aromatic carbocycles. The van der Waals surface area contributed by atoms with Crippen molar-refractivity contribution in [3.05, 3.63) is 66.0 Å². The van der Waals surface area contributed by atoms with E-state index in [0.29, 0.717) is 24.0 Å². The van der Waals surface area contributed by atoms with Crippen LogP contribution in [0, 0.1) is 12.8 Å². The molecule has 1 N–H and O–H groups in total. The molecule has 3 aliphatic rings. The van der Waals surface area contributed by atoms with Crippen LogP contribution in [0.25, 0.3) is 11.1 Å². The molecule has 1 saturated heterocycles. The zero-order valence-electron chi connectivity index (χ0n) is 20.9. The summed E-state index contributed by atoms with van der Waals surface area (Å²) in [5.74, 6) is 0.433. The summed E-state index contributed by atoms with van der Waals surface area (Å²) < 4.78 is 7.90. The second-order valence-electron chi connectivity index (χ2n) is 10.3. The normalized spacial score (nSPS) is 19.3. The van der Waals surface area contributed by atoms with Crippen LogP contribution in [-0.2, 0) is 11.8 Å². The fourth-order valence-corrected chi connectivity index (χ4v) is 5.48. The number of carbonyl (C=O) groups excluding carboxylic acids is 2. The number of nitrogens with one attached hydrogen (secondary N) is 1. The quantitative estimate of drug-likeness (QED) is 0.421. The first kappa shape index (κ1) is 22.9. The molecule has 7 nitrogen and oxygen atoms in total. The molecule has 1 unspecified atom stereocenters. The molecule has 0 spiro atoms.